The molecule has 134 valence electrons. The minimum absolute atomic E-state index is 0.632. The van der Waals surface area contributed by atoms with Gasteiger partial charge in [-0.15, -0.1) is 0 Å². The summed E-state index contributed by atoms with van der Waals surface area (Å²) in [5.41, 5.74) is 6.23. The Morgan fingerprint density at radius 2 is 1.40 bits per heavy atom. The Balaban J connectivity index is 1.42. The summed E-state index contributed by atoms with van der Waals surface area (Å²) in [6.45, 7) is 0. The first-order valence-electron chi connectivity index (χ1n) is 10.5. The highest BCUT2D eigenvalue weighted by atomic mass is 32.1. The summed E-state index contributed by atoms with van der Waals surface area (Å²) in [7, 11) is 0. The van der Waals surface area contributed by atoms with Crippen LogP contribution in [0.4, 0.5) is 0 Å². The summed E-state index contributed by atoms with van der Waals surface area (Å²) in [6.07, 6.45) is 19.7. The average molecular weight is 353 g/mol. The Morgan fingerprint density at radius 3 is 2.04 bits per heavy atom. The monoisotopic (exact) mass is 352 g/mol. The van der Waals surface area contributed by atoms with Crippen LogP contribution in [0.25, 0.3) is 5.57 Å². The number of allylic oxidation sites excluding steroid dienone is 4. The molecule has 0 heterocycles. The molecule has 2 saturated carbocycles. The number of thiol groups is 1. The van der Waals surface area contributed by atoms with Crippen molar-refractivity contribution < 1.29 is 0 Å². The molecule has 1 aromatic rings. The number of rotatable bonds is 3. The molecule has 0 atom stereocenters. The molecule has 0 radical (unpaired) electrons. The third kappa shape index (κ3) is 4.25. The second-order valence-electron chi connectivity index (χ2n) is 8.40. The molecule has 0 aliphatic heterocycles. The normalized spacial score (nSPS) is 28.4. The van der Waals surface area contributed by atoms with Gasteiger partial charge in [-0.2, -0.15) is 12.6 Å². The average Bonchev–Trinajstić information content (AvgIpc) is 2.70. The first-order valence-corrected chi connectivity index (χ1v) is 11.0. The van der Waals surface area contributed by atoms with Crippen LogP contribution in [0.3, 0.4) is 0 Å². The summed E-state index contributed by atoms with van der Waals surface area (Å²) in [6, 6.07) is 9.51. The van der Waals surface area contributed by atoms with Crippen LogP contribution >= 0.6 is 12.6 Å². The van der Waals surface area contributed by atoms with Crippen LogP contribution in [0, 0.1) is 5.92 Å². The highest BCUT2D eigenvalue weighted by Gasteiger charge is 2.21. The van der Waals surface area contributed by atoms with E-state index in [-0.39, 0.29) is 0 Å². The van der Waals surface area contributed by atoms with E-state index in [4.69, 9.17) is 0 Å². The highest BCUT2D eigenvalue weighted by molar-refractivity contribution is 7.80. The fraction of sp³-hybridized carbons (Fsp3) is 0.583. The molecule has 0 nitrogen and oxygen atoms in total. The van der Waals surface area contributed by atoms with Gasteiger partial charge in [-0.1, -0.05) is 61.3 Å². The molecule has 0 unspecified atom stereocenters. The van der Waals surface area contributed by atoms with Crippen molar-refractivity contribution in [2.24, 2.45) is 5.92 Å². The molecule has 0 saturated heterocycles. The Kier molecular flexibility index (Phi) is 5.70. The zero-order valence-electron chi connectivity index (χ0n) is 15.4. The van der Waals surface area contributed by atoms with Crippen LogP contribution in [0.2, 0.25) is 0 Å². The van der Waals surface area contributed by atoms with Gasteiger partial charge in [-0.25, -0.2) is 0 Å². The highest BCUT2D eigenvalue weighted by Crippen LogP contribution is 2.38. The zero-order chi connectivity index (χ0) is 17.1. The molecule has 0 amide bonds. The summed E-state index contributed by atoms with van der Waals surface area (Å²) < 4.78 is 0. The Bertz CT molecular complexity index is 623. The second kappa shape index (κ2) is 8.16. The molecule has 25 heavy (non-hydrogen) atoms. The van der Waals surface area contributed by atoms with Crippen LogP contribution in [0.5, 0.6) is 0 Å². The first kappa shape index (κ1) is 17.5. The third-order valence-corrected chi connectivity index (χ3v) is 7.28. The van der Waals surface area contributed by atoms with E-state index in [1.54, 1.807) is 11.1 Å². The Morgan fingerprint density at radius 1 is 0.680 bits per heavy atom. The quantitative estimate of drug-likeness (QED) is 0.541. The van der Waals surface area contributed by atoms with Gasteiger partial charge in [0.15, 0.2) is 0 Å². The summed E-state index contributed by atoms with van der Waals surface area (Å²) in [5.74, 6) is 1.64. The Labute approximate surface area is 159 Å². The standard InChI is InChI=1S/C24H32S/c25-24-16-14-23(15-17-24)22-12-10-21(11-13-22)20-8-6-19(7-9-20)18-4-2-1-3-5-18/h6,8,10-13,18,23-25H,1-5,7,9,14-17H2. The van der Waals surface area contributed by atoms with Gasteiger partial charge in [0, 0.05) is 5.25 Å². The number of hydrogen-bond donors (Lipinski definition) is 1. The molecular weight excluding hydrogens is 320 g/mol. The van der Waals surface area contributed by atoms with Gasteiger partial charge in [-0.05, 0) is 79.9 Å². The van der Waals surface area contributed by atoms with E-state index in [2.05, 4.69) is 49.0 Å². The van der Waals surface area contributed by atoms with Gasteiger partial charge < -0.3 is 0 Å². The van der Waals surface area contributed by atoms with Crippen molar-refractivity contribution in [1.82, 2.24) is 0 Å². The topological polar surface area (TPSA) is 0 Å². The molecular formula is C24H32S. The second-order valence-corrected chi connectivity index (χ2v) is 9.13. The van der Waals surface area contributed by atoms with Crippen LogP contribution in [-0.2, 0) is 0 Å². The summed E-state index contributed by atoms with van der Waals surface area (Å²) >= 11 is 4.63. The van der Waals surface area contributed by atoms with Crippen LogP contribution in [-0.4, -0.2) is 5.25 Å². The largest absolute Gasteiger partial charge is 0.176 e. The minimum Gasteiger partial charge on any atom is -0.176 e. The van der Waals surface area contributed by atoms with Crippen molar-refractivity contribution in [3.8, 4) is 0 Å². The predicted molar refractivity (Wildman–Crippen MR) is 112 cm³/mol. The zero-order valence-corrected chi connectivity index (χ0v) is 16.3. The van der Waals surface area contributed by atoms with Gasteiger partial charge in [0.25, 0.3) is 0 Å². The molecule has 3 aliphatic rings. The van der Waals surface area contributed by atoms with Gasteiger partial charge in [0.2, 0.25) is 0 Å². The molecule has 0 bridgehead atoms. The van der Waals surface area contributed by atoms with Crippen molar-refractivity contribution in [2.45, 2.75) is 81.8 Å². The number of hydrogen-bond acceptors (Lipinski definition) is 1. The summed E-state index contributed by atoms with van der Waals surface area (Å²) in [5, 5.41) is 0.632. The maximum Gasteiger partial charge on any atom is 0.00172 e. The number of benzene rings is 1. The van der Waals surface area contributed by atoms with E-state index in [1.807, 2.05) is 0 Å². The van der Waals surface area contributed by atoms with E-state index in [0.717, 1.165) is 11.8 Å². The lowest BCUT2D eigenvalue weighted by Crippen LogP contribution is -2.13. The van der Waals surface area contributed by atoms with Crippen molar-refractivity contribution in [1.29, 1.82) is 0 Å². The maximum absolute atomic E-state index is 4.63. The van der Waals surface area contributed by atoms with Crippen LogP contribution < -0.4 is 0 Å². The molecule has 0 spiro atoms. The van der Waals surface area contributed by atoms with Crippen molar-refractivity contribution in [3.63, 3.8) is 0 Å². The molecule has 1 heteroatoms. The van der Waals surface area contributed by atoms with Crippen molar-refractivity contribution in [2.75, 3.05) is 0 Å². The van der Waals surface area contributed by atoms with E-state index < -0.39 is 0 Å². The minimum atomic E-state index is 0.632. The van der Waals surface area contributed by atoms with Crippen LogP contribution in [0.15, 0.2) is 42.0 Å². The first-order chi connectivity index (χ1) is 12.3. The smallest absolute Gasteiger partial charge is 0.00172 e. The van der Waals surface area contributed by atoms with Gasteiger partial charge in [0.1, 0.15) is 0 Å². The summed E-state index contributed by atoms with van der Waals surface area (Å²) in [4.78, 5) is 0. The predicted octanol–water partition coefficient (Wildman–Crippen LogP) is 7.33. The maximum atomic E-state index is 4.63. The fourth-order valence-corrected chi connectivity index (χ4v) is 5.38. The lowest BCUT2D eigenvalue weighted by Gasteiger charge is -2.27. The van der Waals surface area contributed by atoms with E-state index in [1.165, 1.54) is 81.8 Å². The molecule has 3 aliphatic carbocycles. The van der Waals surface area contributed by atoms with E-state index >= 15 is 0 Å². The van der Waals surface area contributed by atoms with Crippen LogP contribution in [0.1, 0.15) is 87.7 Å². The van der Waals surface area contributed by atoms with Gasteiger partial charge in [-0.3, -0.25) is 0 Å². The lowest BCUT2D eigenvalue weighted by atomic mass is 9.79. The molecule has 4 rings (SSSR count). The molecule has 0 N–H and O–H groups in total. The van der Waals surface area contributed by atoms with Crippen molar-refractivity contribution in [3.05, 3.63) is 53.1 Å². The van der Waals surface area contributed by atoms with Gasteiger partial charge in [0.05, 0.1) is 0 Å². The SMILES string of the molecule is SC1CCC(c2ccc(C3=CC=C(C4CCCCC4)CC3)cc2)CC1. The fourth-order valence-electron chi connectivity index (χ4n) is 5.09. The molecule has 1 aromatic carbocycles. The Hall–Kier alpha value is -0.950. The van der Waals surface area contributed by atoms with E-state index in [9.17, 15) is 0 Å². The third-order valence-electron chi connectivity index (χ3n) is 6.76. The molecule has 2 fully saturated rings. The van der Waals surface area contributed by atoms with Crippen molar-refractivity contribution >= 4 is 18.2 Å². The molecule has 0 aromatic heterocycles. The van der Waals surface area contributed by atoms with E-state index in [0.29, 0.717) is 5.25 Å². The lowest BCUT2D eigenvalue weighted by molar-refractivity contribution is 0.395. The van der Waals surface area contributed by atoms with Gasteiger partial charge >= 0.3 is 0 Å².